The number of primary amides is 1. The van der Waals surface area contributed by atoms with Crippen molar-refractivity contribution in [1.82, 2.24) is 9.47 Å². The quantitative estimate of drug-likeness (QED) is 0.460. The van der Waals surface area contributed by atoms with E-state index in [0.29, 0.717) is 5.56 Å². The monoisotopic (exact) mass is 461 g/mol. The standard InChI is InChI=1S/C28H35N3O3/c1-3-9-25-27(22-10-7-13-24(20-22)34-23-11-5-4-6-12-23)26(28(29)32)21(2)31(25)15-8-14-30-16-18-33-19-17-30/h4-7,10-13,20H,3,8-9,14-19H2,1-2H3,(H2,29,32). The lowest BCUT2D eigenvalue weighted by Crippen LogP contribution is -2.37. The van der Waals surface area contributed by atoms with Gasteiger partial charge >= 0.3 is 0 Å². The molecule has 0 spiro atoms. The van der Waals surface area contributed by atoms with Crippen molar-refractivity contribution in [2.45, 2.75) is 39.7 Å². The third-order valence-electron chi connectivity index (χ3n) is 6.43. The number of benzene rings is 2. The van der Waals surface area contributed by atoms with E-state index in [-0.39, 0.29) is 5.91 Å². The minimum absolute atomic E-state index is 0.383. The highest BCUT2D eigenvalue weighted by atomic mass is 16.5. The molecular formula is C28H35N3O3. The maximum absolute atomic E-state index is 12.6. The predicted molar refractivity (Wildman–Crippen MR) is 136 cm³/mol. The van der Waals surface area contributed by atoms with Crippen LogP contribution in [0.25, 0.3) is 11.1 Å². The summed E-state index contributed by atoms with van der Waals surface area (Å²) in [4.78, 5) is 15.1. The van der Waals surface area contributed by atoms with Gasteiger partial charge in [-0.15, -0.1) is 0 Å². The summed E-state index contributed by atoms with van der Waals surface area (Å²) in [6.07, 6.45) is 2.88. The Balaban J connectivity index is 1.66. The molecule has 0 radical (unpaired) electrons. The maximum Gasteiger partial charge on any atom is 0.251 e. The van der Waals surface area contributed by atoms with Crippen molar-refractivity contribution < 1.29 is 14.3 Å². The van der Waals surface area contributed by atoms with Crippen LogP contribution in [0.2, 0.25) is 0 Å². The van der Waals surface area contributed by atoms with Gasteiger partial charge in [0.1, 0.15) is 11.5 Å². The molecule has 0 aliphatic carbocycles. The van der Waals surface area contributed by atoms with E-state index in [9.17, 15) is 4.79 Å². The molecule has 1 aliphatic heterocycles. The molecule has 3 aromatic rings. The molecule has 4 rings (SSSR count). The zero-order chi connectivity index (χ0) is 23.9. The Morgan fingerprint density at radius 3 is 2.47 bits per heavy atom. The summed E-state index contributed by atoms with van der Waals surface area (Å²) < 4.78 is 13.8. The lowest BCUT2D eigenvalue weighted by atomic mass is 9.98. The first-order chi connectivity index (χ1) is 16.6. The summed E-state index contributed by atoms with van der Waals surface area (Å²) in [5.41, 5.74) is 10.6. The Kier molecular flexibility index (Phi) is 8.03. The number of para-hydroxylation sites is 1. The predicted octanol–water partition coefficient (Wildman–Crippen LogP) is 5.03. The molecule has 0 bridgehead atoms. The first kappa shape index (κ1) is 24.0. The Hall–Kier alpha value is -3.09. The van der Waals surface area contributed by atoms with Gasteiger partial charge in [0.05, 0.1) is 18.8 Å². The van der Waals surface area contributed by atoms with Gasteiger partial charge in [-0.1, -0.05) is 43.7 Å². The molecule has 6 nitrogen and oxygen atoms in total. The molecule has 0 atom stereocenters. The number of rotatable bonds is 10. The number of carbonyl (C=O) groups excluding carboxylic acids is 1. The average Bonchev–Trinajstić information content (AvgIpc) is 3.12. The molecular weight excluding hydrogens is 426 g/mol. The number of nitrogens with zero attached hydrogens (tertiary/aromatic N) is 2. The molecule has 180 valence electrons. The SMILES string of the molecule is CCCc1c(-c2cccc(Oc3ccccc3)c2)c(C(N)=O)c(C)n1CCCN1CCOCC1. The molecule has 1 amide bonds. The van der Waals surface area contributed by atoms with E-state index in [4.69, 9.17) is 15.2 Å². The molecule has 1 fully saturated rings. The third-order valence-corrected chi connectivity index (χ3v) is 6.43. The Morgan fingerprint density at radius 2 is 1.76 bits per heavy atom. The maximum atomic E-state index is 12.6. The van der Waals surface area contributed by atoms with E-state index < -0.39 is 0 Å². The number of carbonyl (C=O) groups is 1. The van der Waals surface area contributed by atoms with Crippen LogP contribution in [-0.4, -0.2) is 48.2 Å². The number of hydrogen-bond donors (Lipinski definition) is 1. The van der Waals surface area contributed by atoms with Crippen molar-refractivity contribution in [2.75, 3.05) is 32.8 Å². The first-order valence-electron chi connectivity index (χ1n) is 12.2. The molecule has 0 unspecified atom stereocenters. The molecule has 1 aromatic heterocycles. The molecule has 1 saturated heterocycles. The van der Waals surface area contributed by atoms with Crippen LogP contribution in [0.15, 0.2) is 54.6 Å². The van der Waals surface area contributed by atoms with Crippen LogP contribution in [0.4, 0.5) is 0 Å². The van der Waals surface area contributed by atoms with Gasteiger partial charge < -0.3 is 19.8 Å². The number of ether oxygens (including phenoxy) is 2. The van der Waals surface area contributed by atoms with E-state index in [0.717, 1.165) is 87.0 Å². The minimum Gasteiger partial charge on any atom is -0.457 e. The summed E-state index contributed by atoms with van der Waals surface area (Å²) in [6, 6.07) is 17.7. The normalized spacial score (nSPS) is 14.3. The number of morpholine rings is 1. The van der Waals surface area contributed by atoms with Crippen molar-refractivity contribution in [3.63, 3.8) is 0 Å². The van der Waals surface area contributed by atoms with Crippen LogP contribution in [0.5, 0.6) is 11.5 Å². The van der Waals surface area contributed by atoms with Gasteiger partial charge in [-0.25, -0.2) is 0 Å². The first-order valence-corrected chi connectivity index (χ1v) is 12.2. The highest BCUT2D eigenvalue weighted by Crippen LogP contribution is 2.36. The number of amides is 1. The van der Waals surface area contributed by atoms with E-state index in [1.165, 1.54) is 5.69 Å². The van der Waals surface area contributed by atoms with Gasteiger partial charge in [0.2, 0.25) is 0 Å². The van der Waals surface area contributed by atoms with E-state index >= 15 is 0 Å². The lowest BCUT2D eigenvalue weighted by Gasteiger charge is -2.26. The Bertz CT molecular complexity index is 1100. The van der Waals surface area contributed by atoms with Crippen molar-refractivity contribution in [3.05, 3.63) is 71.5 Å². The minimum atomic E-state index is -0.383. The van der Waals surface area contributed by atoms with Gasteiger partial charge in [0, 0.05) is 43.1 Å². The Labute approximate surface area is 202 Å². The fourth-order valence-corrected chi connectivity index (χ4v) is 4.83. The fourth-order valence-electron chi connectivity index (χ4n) is 4.83. The zero-order valence-corrected chi connectivity index (χ0v) is 20.3. The van der Waals surface area contributed by atoms with Crippen LogP contribution < -0.4 is 10.5 Å². The second kappa shape index (κ2) is 11.4. The number of aromatic nitrogens is 1. The van der Waals surface area contributed by atoms with Crippen molar-refractivity contribution in [2.24, 2.45) is 5.73 Å². The van der Waals surface area contributed by atoms with E-state index in [2.05, 4.69) is 16.4 Å². The largest absolute Gasteiger partial charge is 0.457 e. The number of hydrogen-bond acceptors (Lipinski definition) is 4. The zero-order valence-electron chi connectivity index (χ0n) is 20.3. The van der Waals surface area contributed by atoms with Crippen LogP contribution in [0, 0.1) is 6.92 Å². The smallest absolute Gasteiger partial charge is 0.251 e. The highest BCUT2D eigenvalue weighted by Gasteiger charge is 2.24. The van der Waals surface area contributed by atoms with Gasteiger partial charge in [-0.2, -0.15) is 0 Å². The van der Waals surface area contributed by atoms with Crippen molar-refractivity contribution in [1.29, 1.82) is 0 Å². The van der Waals surface area contributed by atoms with Gasteiger partial charge in [-0.05, 0) is 49.6 Å². The van der Waals surface area contributed by atoms with Gasteiger partial charge in [0.25, 0.3) is 5.91 Å². The van der Waals surface area contributed by atoms with Crippen molar-refractivity contribution in [3.8, 4) is 22.6 Å². The molecule has 1 aliphatic rings. The lowest BCUT2D eigenvalue weighted by molar-refractivity contribution is 0.0369. The number of nitrogens with two attached hydrogens (primary N) is 1. The average molecular weight is 462 g/mol. The van der Waals surface area contributed by atoms with E-state index in [1.54, 1.807) is 0 Å². The van der Waals surface area contributed by atoms with Crippen molar-refractivity contribution >= 4 is 5.91 Å². The molecule has 6 heteroatoms. The van der Waals surface area contributed by atoms with Gasteiger partial charge in [-0.3, -0.25) is 9.69 Å². The molecule has 0 saturated carbocycles. The van der Waals surface area contributed by atoms with Crippen LogP contribution in [-0.2, 0) is 17.7 Å². The molecule has 2 heterocycles. The summed E-state index contributed by atoms with van der Waals surface area (Å²) >= 11 is 0. The summed E-state index contributed by atoms with van der Waals surface area (Å²) in [6.45, 7) is 9.65. The van der Waals surface area contributed by atoms with Crippen LogP contribution in [0.3, 0.4) is 0 Å². The van der Waals surface area contributed by atoms with Crippen LogP contribution in [0.1, 0.15) is 41.5 Å². The summed E-state index contributed by atoms with van der Waals surface area (Å²) in [5.74, 6) is 1.13. The summed E-state index contributed by atoms with van der Waals surface area (Å²) in [5, 5.41) is 0. The fraction of sp³-hybridized carbons (Fsp3) is 0.393. The summed E-state index contributed by atoms with van der Waals surface area (Å²) in [7, 11) is 0. The van der Waals surface area contributed by atoms with Crippen LogP contribution >= 0.6 is 0 Å². The molecule has 2 aromatic carbocycles. The topological polar surface area (TPSA) is 69.7 Å². The Morgan fingerprint density at radius 1 is 1.03 bits per heavy atom. The second-order valence-electron chi connectivity index (χ2n) is 8.80. The third kappa shape index (κ3) is 5.51. The second-order valence-corrected chi connectivity index (χ2v) is 8.80. The molecule has 2 N–H and O–H groups in total. The van der Waals surface area contributed by atoms with E-state index in [1.807, 2.05) is 61.5 Å². The highest BCUT2D eigenvalue weighted by molar-refractivity contribution is 6.02. The molecule has 34 heavy (non-hydrogen) atoms. The van der Waals surface area contributed by atoms with Gasteiger partial charge in [0.15, 0.2) is 0 Å².